The lowest BCUT2D eigenvalue weighted by Crippen LogP contribution is -2.29. The topological polar surface area (TPSA) is 51.1 Å². The summed E-state index contributed by atoms with van der Waals surface area (Å²) in [7, 11) is 0. The van der Waals surface area contributed by atoms with Crippen molar-refractivity contribution in [2.45, 2.75) is 26.6 Å². The van der Waals surface area contributed by atoms with E-state index in [1.165, 1.54) is 0 Å². The van der Waals surface area contributed by atoms with Crippen LogP contribution in [0.15, 0.2) is 29.2 Å². The van der Waals surface area contributed by atoms with Crippen LogP contribution in [0.5, 0.6) is 0 Å². The van der Waals surface area contributed by atoms with Gasteiger partial charge in [0.25, 0.3) is 5.56 Å². The highest BCUT2D eigenvalue weighted by Crippen LogP contribution is 2.30. The van der Waals surface area contributed by atoms with Crippen LogP contribution >= 0.6 is 23.2 Å². The fraction of sp³-hybridized carbons (Fsp3) is 0.250. The van der Waals surface area contributed by atoms with Crippen LogP contribution in [0, 0.1) is 13.8 Å². The van der Waals surface area contributed by atoms with Gasteiger partial charge in [-0.15, -0.1) is 0 Å². The lowest BCUT2D eigenvalue weighted by atomic mass is 10.1. The van der Waals surface area contributed by atoms with Crippen LogP contribution in [-0.2, 0) is 17.5 Å². The summed E-state index contributed by atoms with van der Waals surface area (Å²) in [6.45, 7) is 2.92. The molecule has 1 heterocycles. The van der Waals surface area contributed by atoms with Gasteiger partial charge >= 0.3 is 6.18 Å². The summed E-state index contributed by atoms with van der Waals surface area (Å²) in [5.41, 5.74) is -0.0940. The second kappa shape index (κ2) is 7.09. The zero-order chi connectivity index (χ0) is 18.9. The van der Waals surface area contributed by atoms with Crippen molar-refractivity contribution in [1.82, 2.24) is 4.57 Å². The number of aryl methyl sites for hydroxylation is 2. The molecule has 0 spiro atoms. The SMILES string of the molecule is Cc1cc(C)c(NC(=O)Cn2cc(C(F)(F)F)cc(Cl)c2=O)c(Cl)c1. The highest BCUT2D eigenvalue weighted by atomic mass is 35.5. The number of hydrogen-bond acceptors (Lipinski definition) is 2. The number of nitrogens with one attached hydrogen (secondary N) is 1. The first-order chi connectivity index (χ1) is 11.5. The molecule has 0 aliphatic heterocycles. The minimum absolute atomic E-state index is 0.292. The van der Waals surface area contributed by atoms with Crippen molar-refractivity contribution in [2.24, 2.45) is 0 Å². The number of rotatable bonds is 3. The molecule has 0 radical (unpaired) electrons. The van der Waals surface area contributed by atoms with Gasteiger partial charge in [0.15, 0.2) is 0 Å². The summed E-state index contributed by atoms with van der Waals surface area (Å²) in [4.78, 5) is 24.0. The normalized spacial score (nSPS) is 11.5. The molecule has 0 fully saturated rings. The maximum absolute atomic E-state index is 12.8. The van der Waals surface area contributed by atoms with Crippen molar-refractivity contribution in [3.05, 3.63) is 61.5 Å². The Hall–Kier alpha value is -1.99. The molecule has 0 saturated heterocycles. The van der Waals surface area contributed by atoms with E-state index in [4.69, 9.17) is 23.2 Å². The van der Waals surface area contributed by atoms with Crippen LogP contribution in [0.4, 0.5) is 18.9 Å². The lowest BCUT2D eigenvalue weighted by molar-refractivity contribution is -0.138. The average molecular weight is 393 g/mol. The molecule has 0 aliphatic carbocycles. The minimum Gasteiger partial charge on any atom is -0.323 e. The molecule has 25 heavy (non-hydrogen) atoms. The van der Waals surface area contributed by atoms with E-state index >= 15 is 0 Å². The summed E-state index contributed by atoms with van der Waals surface area (Å²) < 4.78 is 39.1. The molecule has 4 nitrogen and oxygen atoms in total. The number of amides is 1. The van der Waals surface area contributed by atoms with Gasteiger partial charge in [-0.25, -0.2) is 0 Å². The number of pyridine rings is 1. The predicted molar refractivity (Wildman–Crippen MR) is 90.3 cm³/mol. The Morgan fingerprint density at radius 2 is 1.80 bits per heavy atom. The average Bonchev–Trinajstić information content (AvgIpc) is 2.46. The van der Waals surface area contributed by atoms with E-state index in [-0.39, 0.29) is 0 Å². The monoisotopic (exact) mass is 392 g/mol. The van der Waals surface area contributed by atoms with Gasteiger partial charge in [-0.05, 0) is 37.1 Å². The lowest BCUT2D eigenvalue weighted by Gasteiger charge is -2.14. The van der Waals surface area contributed by atoms with Crippen molar-refractivity contribution in [1.29, 1.82) is 0 Å². The second-order valence-electron chi connectivity index (χ2n) is 5.49. The number of hydrogen-bond donors (Lipinski definition) is 1. The third-order valence-electron chi connectivity index (χ3n) is 3.38. The van der Waals surface area contributed by atoms with E-state index in [9.17, 15) is 22.8 Å². The van der Waals surface area contributed by atoms with Crippen molar-refractivity contribution < 1.29 is 18.0 Å². The molecule has 0 aliphatic rings. The number of benzene rings is 1. The third-order valence-corrected chi connectivity index (χ3v) is 3.95. The Morgan fingerprint density at radius 1 is 1.16 bits per heavy atom. The van der Waals surface area contributed by atoms with Crippen molar-refractivity contribution in [3.8, 4) is 0 Å². The largest absolute Gasteiger partial charge is 0.417 e. The Morgan fingerprint density at radius 3 is 2.36 bits per heavy atom. The van der Waals surface area contributed by atoms with E-state index in [1.54, 1.807) is 19.1 Å². The molecular formula is C16H13Cl2F3N2O2. The van der Waals surface area contributed by atoms with Gasteiger partial charge in [-0.3, -0.25) is 9.59 Å². The molecule has 9 heteroatoms. The standard InChI is InChI=1S/C16H13Cl2F3N2O2/c1-8-3-9(2)14(11(17)4-8)22-13(24)7-23-6-10(16(19,20)21)5-12(18)15(23)25/h3-6H,7H2,1-2H3,(H,22,24). The summed E-state index contributed by atoms with van der Waals surface area (Å²) in [5.74, 6) is -0.702. The number of aromatic nitrogens is 1. The molecule has 1 aromatic carbocycles. The van der Waals surface area contributed by atoms with E-state index in [0.717, 1.165) is 5.56 Å². The van der Waals surface area contributed by atoms with Crippen LogP contribution < -0.4 is 10.9 Å². The fourth-order valence-corrected chi connectivity index (χ4v) is 2.87. The Balaban J connectivity index is 2.30. The molecule has 0 atom stereocenters. The van der Waals surface area contributed by atoms with Crippen LogP contribution in [-0.4, -0.2) is 10.5 Å². The zero-order valence-electron chi connectivity index (χ0n) is 13.2. The number of alkyl halides is 3. The van der Waals surface area contributed by atoms with Gasteiger partial charge in [0.2, 0.25) is 5.91 Å². The number of carbonyl (C=O) groups is 1. The van der Waals surface area contributed by atoms with Crippen LogP contribution in [0.25, 0.3) is 0 Å². The van der Waals surface area contributed by atoms with Gasteiger partial charge in [0.05, 0.1) is 16.3 Å². The second-order valence-corrected chi connectivity index (χ2v) is 6.31. The first-order valence-corrected chi connectivity index (χ1v) is 7.78. The minimum atomic E-state index is -4.69. The smallest absolute Gasteiger partial charge is 0.323 e. The first kappa shape index (κ1) is 19.3. The molecule has 0 unspecified atom stereocenters. The summed E-state index contributed by atoms with van der Waals surface area (Å²) in [6.07, 6.45) is -4.14. The quantitative estimate of drug-likeness (QED) is 0.839. The predicted octanol–water partition coefficient (Wildman–Crippen LogP) is 4.43. The van der Waals surface area contributed by atoms with Crippen LogP contribution in [0.1, 0.15) is 16.7 Å². The van der Waals surface area contributed by atoms with Gasteiger partial charge in [-0.2, -0.15) is 13.2 Å². The summed E-state index contributed by atoms with van der Waals surface area (Å²) in [6, 6.07) is 3.95. The molecule has 0 saturated carbocycles. The van der Waals surface area contributed by atoms with Gasteiger partial charge in [-0.1, -0.05) is 29.3 Å². The maximum Gasteiger partial charge on any atom is 0.417 e. The van der Waals surface area contributed by atoms with Crippen LogP contribution in [0.2, 0.25) is 10.0 Å². The Labute approximate surface area is 151 Å². The highest BCUT2D eigenvalue weighted by Gasteiger charge is 2.32. The van der Waals surface area contributed by atoms with Crippen molar-refractivity contribution >= 4 is 34.8 Å². The van der Waals surface area contributed by atoms with Crippen LogP contribution in [0.3, 0.4) is 0 Å². The fourth-order valence-electron chi connectivity index (χ4n) is 2.28. The van der Waals surface area contributed by atoms with Gasteiger partial charge in [0.1, 0.15) is 11.6 Å². The highest BCUT2D eigenvalue weighted by molar-refractivity contribution is 6.34. The molecule has 0 bridgehead atoms. The van der Waals surface area contributed by atoms with Crippen molar-refractivity contribution in [2.75, 3.05) is 5.32 Å². The van der Waals surface area contributed by atoms with E-state index in [2.05, 4.69) is 5.32 Å². The van der Waals surface area contributed by atoms with E-state index in [1.807, 2.05) is 6.92 Å². The third kappa shape index (κ3) is 4.55. The van der Waals surface area contributed by atoms with E-state index < -0.39 is 34.8 Å². The number of halogens is 5. The zero-order valence-corrected chi connectivity index (χ0v) is 14.7. The summed E-state index contributed by atoms with van der Waals surface area (Å²) in [5, 5.41) is 2.18. The Kier molecular flexibility index (Phi) is 5.49. The molecule has 1 aromatic heterocycles. The molecule has 1 amide bonds. The number of nitrogens with zero attached hydrogens (tertiary/aromatic N) is 1. The molecule has 134 valence electrons. The van der Waals surface area contributed by atoms with Gasteiger partial charge < -0.3 is 9.88 Å². The maximum atomic E-state index is 12.8. The van der Waals surface area contributed by atoms with Crippen molar-refractivity contribution in [3.63, 3.8) is 0 Å². The number of anilines is 1. The molecule has 2 aromatic rings. The Bertz CT molecular complexity index is 869. The number of carbonyl (C=O) groups excluding carboxylic acids is 1. The first-order valence-electron chi connectivity index (χ1n) is 7.03. The van der Waals surface area contributed by atoms with E-state index in [0.29, 0.717) is 33.1 Å². The summed E-state index contributed by atoms with van der Waals surface area (Å²) >= 11 is 11.6. The molecule has 1 N–H and O–H groups in total. The molecular weight excluding hydrogens is 380 g/mol. The molecule has 2 rings (SSSR count). The van der Waals surface area contributed by atoms with Gasteiger partial charge in [0, 0.05) is 6.20 Å².